The molecule has 0 atom stereocenters. The van der Waals surface area contributed by atoms with E-state index in [0.717, 1.165) is 0 Å². The molecule has 9 heavy (non-hydrogen) atoms. The van der Waals surface area contributed by atoms with Crippen molar-refractivity contribution in [2.24, 2.45) is 0 Å². The molecule has 0 rings (SSSR count). The number of carbonyl (C=O) groups excluding carboxylic acids is 2. The molecule has 4 nitrogen and oxygen atoms in total. The summed E-state index contributed by atoms with van der Waals surface area (Å²) in [7, 11) is 0. The van der Waals surface area contributed by atoms with E-state index >= 15 is 0 Å². The molecule has 0 aliphatic rings. The number of hydrogen-bond acceptors (Lipinski definition) is 2. The van der Waals surface area contributed by atoms with Crippen LogP contribution in [0.3, 0.4) is 0 Å². The van der Waals surface area contributed by atoms with E-state index in [0.29, 0.717) is 0 Å². The van der Waals surface area contributed by atoms with Crippen LogP contribution in [0.1, 0.15) is 6.92 Å². The van der Waals surface area contributed by atoms with Crippen LogP contribution in [-0.2, 0) is 4.79 Å². The third-order valence-electron chi connectivity index (χ3n) is 0.523. The lowest BCUT2D eigenvalue weighted by Crippen LogP contribution is -2.35. The maximum Gasteiger partial charge on any atom is 0.325 e. The van der Waals surface area contributed by atoms with Gasteiger partial charge in [-0.15, -0.1) is 0 Å². The standard InChI is InChI=1S/C5H8N2O2/c1-3-6-5(9)7-4(2)8/h3H,1H2,2H3,(H2,6,7,8,9). The summed E-state index contributed by atoms with van der Waals surface area (Å²) < 4.78 is 0. The van der Waals surface area contributed by atoms with Crippen molar-refractivity contribution in [3.8, 4) is 0 Å². The Morgan fingerprint density at radius 1 is 1.56 bits per heavy atom. The van der Waals surface area contributed by atoms with Crippen molar-refractivity contribution in [3.05, 3.63) is 12.8 Å². The van der Waals surface area contributed by atoms with Crippen LogP contribution < -0.4 is 10.6 Å². The molecule has 0 aromatic carbocycles. The van der Waals surface area contributed by atoms with Crippen molar-refractivity contribution in [2.75, 3.05) is 0 Å². The first-order chi connectivity index (χ1) is 4.16. The van der Waals surface area contributed by atoms with Crippen molar-refractivity contribution in [1.82, 2.24) is 10.6 Å². The number of imide groups is 1. The highest BCUT2D eigenvalue weighted by Gasteiger charge is 1.96. The van der Waals surface area contributed by atoms with Gasteiger partial charge in [-0.05, 0) is 6.20 Å². The van der Waals surface area contributed by atoms with Gasteiger partial charge in [-0.1, -0.05) is 6.58 Å². The van der Waals surface area contributed by atoms with Crippen LogP contribution in [0.4, 0.5) is 4.79 Å². The topological polar surface area (TPSA) is 58.2 Å². The van der Waals surface area contributed by atoms with Crippen LogP contribution in [0.2, 0.25) is 0 Å². The normalized spacial score (nSPS) is 7.67. The minimum atomic E-state index is -0.558. The first-order valence-electron chi connectivity index (χ1n) is 2.36. The van der Waals surface area contributed by atoms with Gasteiger partial charge in [0.15, 0.2) is 0 Å². The molecule has 50 valence electrons. The Bertz CT molecular complexity index is 142. The van der Waals surface area contributed by atoms with Gasteiger partial charge in [-0.3, -0.25) is 10.1 Å². The summed E-state index contributed by atoms with van der Waals surface area (Å²) >= 11 is 0. The zero-order valence-corrected chi connectivity index (χ0v) is 5.10. The van der Waals surface area contributed by atoms with Crippen LogP contribution >= 0.6 is 0 Å². The average molecular weight is 128 g/mol. The summed E-state index contributed by atoms with van der Waals surface area (Å²) in [5.74, 6) is -0.394. The van der Waals surface area contributed by atoms with Crippen LogP contribution in [-0.4, -0.2) is 11.9 Å². The molecular formula is C5H8N2O2. The third kappa shape index (κ3) is 4.53. The van der Waals surface area contributed by atoms with Crippen molar-refractivity contribution in [2.45, 2.75) is 6.92 Å². The lowest BCUT2D eigenvalue weighted by molar-refractivity contribution is -0.117. The highest BCUT2D eigenvalue weighted by molar-refractivity contribution is 5.93. The molecule has 4 heteroatoms. The molecule has 0 saturated heterocycles. The van der Waals surface area contributed by atoms with Gasteiger partial charge in [0.05, 0.1) is 0 Å². The number of amides is 3. The van der Waals surface area contributed by atoms with E-state index in [4.69, 9.17) is 0 Å². The molecule has 3 amide bonds. The number of hydrogen-bond donors (Lipinski definition) is 2. The molecule has 0 aliphatic carbocycles. The number of carbonyl (C=O) groups is 2. The third-order valence-corrected chi connectivity index (χ3v) is 0.523. The van der Waals surface area contributed by atoms with Gasteiger partial charge in [0.2, 0.25) is 5.91 Å². The van der Waals surface area contributed by atoms with E-state index in [1.807, 2.05) is 5.32 Å². The second-order valence-electron chi connectivity index (χ2n) is 1.36. The summed E-state index contributed by atoms with van der Waals surface area (Å²) in [6.07, 6.45) is 1.19. The lowest BCUT2D eigenvalue weighted by Gasteiger charge is -1.96. The molecule has 0 bridgehead atoms. The van der Waals surface area contributed by atoms with Crippen molar-refractivity contribution in [3.63, 3.8) is 0 Å². The maximum absolute atomic E-state index is 10.3. The minimum absolute atomic E-state index is 0.394. The monoisotopic (exact) mass is 128 g/mol. The molecule has 0 heterocycles. The van der Waals surface area contributed by atoms with Gasteiger partial charge in [0, 0.05) is 6.92 Å². The molecule has 0 aliphatic heterocycles. The Balaban J connectivity index is 3.50. The highest BCUT2D eigenvalue weighted by atomic mass is 16.2. The lowest BCUT2D eigenvalue weighted by atomic mass is 10.7. The Kier molecular flexibility index (Phi) is 3.12. The highest BCUT2D eigenvalue weighted by Crippen LogP contribution is 1.63. The molecule has 0 spiro atoms. The smallest absolute Gasteiger partial charge is 0.315 e. The molecular weight excluding hydrogens is 120 g/mol. The fourth-order valence-electron chi connectivity index (χ4n) is 0.289. The predicted octanol–water partition coefficient (Wildman–Crippen LogP) is -0.0244. The molecule has 0 aromatic rings. The maximum atomic E-state index is 10.3. The Labute approximate surface area is 52.9 Å². The Morgan fingerprint density at radius 2 is 2.11 bits per heavy atom. The molecule has 0 unspecified atom stereocenters. The number of nitrogens with one attached hydrogen (secondary N) is 2. The van der Waals surface area contributed by atoms with Gasteiger partial charge in [0.25, 0.3) is 0 Å². The van der Waals surface area contributed by atoms with E-state index in [9.17, 15) is 9.59 Å². The quantitative estimate of drug-likeness (QED) is 0.521. The molecule has 0 fully saturated rings. The Morgan fingerprint density at radius 3 is 2.44 bits per heavy atom. The number of rotatable bonds is 1. The Hall–Kier alpha value is -1.32. The average Bonchev–Trinajstić information content (AvgIpc) is 1.63. The molecule has 0 radical (unpaired) electrons. The van der Waals surface area contributed by atoms with E-state index in [2.05, 4.69) is 11.9 Å². The second kappa shape index (κ2) is 3.65. The molecule has 0 saturated carbocycles. The second-order valence-corrected chi connectivity index (χ2v) is 1.36. The summed E-state index contributed by atoms with van der Waals surface area (Å²) in [5.41, 5.74) is 0. The fraction of sp³-hybridized carbons (Fsp3) is 0.200. The van der Waals surface area contributed by atoms with E-state index in [1.165, 1.54) is 13.1 Å². The molecule has 2 N–H and O–H groups in total. The van der Waals surface area contributed by atoms with Crippen LogP contribution in [0.5, 0.6) is 0 Å². The number of urea groups is 1. The van der Waals surface area contributed by atoms with Gasteiger partial charge >= 0.3 is 6.03 Å². The van der Waals surface area contributed by atoms with Crippen molar-refractivity contribution >= 4 is 11.9 Å². The van der Waals surface area contributed by atoms with Crippen molar-refractivity contribution in [1.29, 1.82) is 0 Å². The van der Waals surface area contributed by atoms with Crippen molar-refractivity contribution < 1.29 is 9.59 Å². The largest absolute Gasteiger partial charge is 0.325 e. The first-order valence-corrected chi connectivity index (χ1v) is 2.36. The molecule has 0 aromatic heterocycles. The SMILES string of the molecule is C=CNC(=O)NC(C)=O. The summed E-state index contributed by atoms with van der Waals surface area (Å²) in [4.78, 5) is 20.5. The van der Waals surface area contributed by atoms with Gasteiger partial charge < -0.3 is 5.32 Å². The minimum Gasteiger partial charge on any atom is -0.315 e. The summed E-state index contributed by atoms with van der Waals surface area (Å²) in [6, 6.07) is -0.558. The van der Waals surface area contributed by atoms with Crippen LogP contribution in [0.15, 0.2) is 12.8 Å². The van der Waals surface area contributed by atoms with Crippen LogP contribution in [0.25, 0.3) is 0 Å². The predicted molar refractivity (Wildman–Crippen MR) is 32.5 cm³/mol. The summed E-state index contributed by atoms with van der Waals surface area (Å²) in [5, 5.41) is 4.15. The van der Waals surface area contributed by atoms with E-state index < -0.39 is 11.9 Å². The first kappa shape index (κ1) is 7.68. The summed E-state index contributed by atoms with van der Waals surface area (Å²) in [6.45, 7) is 4.48. The zero-order valence-electron chi connectivity index (χ0n) is 5.10. The van der Waals surface area contributed by atoms with E-state index in [1.54, 1.807) is 0 Å². The van der Waals surface area contributed by atoms with Gasteiger partial charge in [-0.2, -0.15) is 0 Å². The van der Waals surface area contributed by atoms with E-state index in [-0.39, 0.29) is 0 Å². The van der Waals surface area contributed by atoms with Gasteiger partial charge in [0.1, 0.15) is 0 Å². The van der Waals surface area contributed by atoms with Crippen LogP contribution in [0, 0.1) is 0 Å². The zero-order chi connectivity index (χ0) is 7.28. The van der Waals surface area contributed by atoms with Gasteiger partial charge in [-0.25, -0.2) is 4.79 Å². The fourth-order valence-corrected chi connectivity index (χ4v) is 0.289.